The quantitative estimate of drug-likeness (QED) is 0.562. The molecule has 3 aromatic heterocycles. The maximum absolute atomic E-state index is 14.4. The molecular weight excluding hydrogens is 397 g/mol. The van der Waals surface area contributed by atoms with Crippen LogP contribution in [0.15, 0.2) is 36.8 Å². The number of rotatable bonds is 6. The lowest BCUT2D eigenvalue weighted by Crippen LogP contribution is -2.39. The second-order valence-corrected chi connectivity index (χ2v) is 7.95. The van der Waals surface area contributed by atoms with E-state index in [1.54, 1.807) is 25.6 Å². The van der Waals surface area contributed by atoms with E-state index in [2.05, 4.69) is 24.8 Å². The number of ether oxygens (including phenoxy) is 1. The summed E-state index contributed by atoms with van der Waals surface area (Å²) in [4.78, 5) is 26.3. The second kappa shape index (κ2) is 8.14. The molecule has 2 atom stereocenters. The fourth-order valence-electron chi connectivity index (χ4n) is 4.53. The van der Waals surface area contributed by atoms with Gasteiger partial charge < -0.3 is 14.5 Å². The van der Waals surface area contributed by atoms with Crippen LogP contribution in [0.1, 0.15) is 30.1 Å². The van der Waals surface area contributed by atoms with Crippen molar-refractivity contribution in [3.63, 3.8) is 0 Å². The standard InChI is InChI=1S/C22H24FN7O/c1-29(8-9-31-2)15-11-19(23)28-20(12-15)30-14-4-5-18(30)16-13-26-22(27-17(16)10-14)21-24-6-3-7-25-21/h3,6-7,11-14,18H,4-5,8-10H2,1-2H3/t14-,18+/m0/s1. The van der Waals surface area contributed by atoms with Crippen LogP contribution in [0.5, 0.6) is 0 Å². The van der Waals surface area contributed by atoms with Crippen molar-refractivity contribution < 1.29 is 9.13 Å². The van der Waals surface area contributed by atoms with E-state index in [0.29, 0.717) is 30.6 Å². The Morgan fingerprint density at radius 3 is 2.77 bits per heavy atom. The molecule has 5 rings (SSSR count). The van der Waals surface area contributed by atoms with Crippen molar-refractivity contribution >= 4 is 11.5 Å². The van der Waals surface area contributed by atoms with Gasteiger partial charge in [0.2, 0.25) is 5.95 Å². The highest BCUT2D eigenvalue weighted by Gasteiger charge is 2.42. The molecule has 31 heavy (non-hydrogen) atoms. The van der Waals surface area contributed by atoms with Crippen LogP contribution >= 0.6 is 0 Å². The van der Waals surface area contributed by atoms with E-state index in [-0.39, 0.29) is 12.1 Å². The largest absolute Gasteiger partial charge is 0.383 e. The van der Waals surface area contributed by atoms with Crippen LogP contribution in [-0.4, -0.2) is 58.3 Å². The van der Waals surface area contributed by atoms with E-state index < -0.39 is 5.95 Å². The molecule has 2 bridgehead atoms. The minimum atomic E-state index is -0.477. The smallest absolute Gasteiger partial charge is 0.216 e. The zero-order chi connectivity index (χ0) is 21.4. The van der Waals surface area contributed by atoms with Crippen molar-refractivity contribution in [2.24, 2.45) is 0 Å². The van der Waals surface area contributed by atoms with Gasteiger partial charge in [-0.05, 0) is 18.9 Å². The average Bonchev–Trinajstić information content (AvgIpc) is 3.12. The Bertz CT molecular complexity index is 1080. The van der Waals surface area contributed by atoms with Crippen LogP contribution in [-0.2, 0) is 11.2 Å². The molecule has 0 amide bonds. The van der Waals surface area contributed by atoms with Crippen LogP contribution in [0.25, 0.3) is 11.6 Å². The highest BCUT2D eigenvalue weighted by Crippen LogP contribution is 2.45. The zero-order valence-corrected chi connectivity index (χ0v) is 17.6. The van der Waals surface area contributed by atoms with Gasteiger partial charge in [-0.25, -0.2) is 24.9 Å². The summed E-state index contributed by atoms with van der Waals surface area (Å²) in [6.07, 6.45) is 7.99. The van der Waals surface area contributed by atoms with Crippen LogP contribution in [0, 0.1) is 5.95 Å². The zero-order valence-electron chi connectivity index (χ0n) is 17.6. The lowest BCUT2D eigenvalue weighted by Gasteiger charge is -2.37. The van der Waals surface area contributed by atoms with Crippen LogP contribution in [0.2, 0.25) is 0 Å². The highest BCUT2D eigenvalue weighted by atomic mass is 19.1. The Labute approximate surface area is 180 Å². The van der Waals surface area contributed by atoms with Gasteiger partial charge in [-0.3, -0.25) is 0 Å². The van der Waals surface area contributed by atoms with Gasteiger partial charge in [-0.1, -0.05) is 0 Å². The third kappa shape index (κ3) is 3.69. The number of aromatic nitrogens is 5. The summed E-state index contributed by atoms with van der Waals surface area (Å²) < 4.78 is 19.6. The number of hydrogen-bond acceptors (Lipinski definition) is 8. The van der Waals surface area contributed by atoms with Crippen LogP contribution < -0.4 is 9.80 Å². The lowest BCUT2D eigenvalue weighted by atomic mass is 9.99. The predicted octanol–water partition coefficient (Wildman–Crippen LogP) is 2.82. The van der Waals surface area contributed by atoms with E-state index in [0.717, 1.165) is 36.2 Å². The molecule has 2 aliphatic rings. The molecular formula is C22H24FN7O. The summed E-state index contributed by atoms with van der Waals surface area (Å²) in [6.45, 7) is 1.25. The fraction of sp³-hybridized carbons (Fsp3) is 0.409. The van der Waals surface area contributed by atoms with Crippen molar-refractivity contribution in [1.29, 1.82) is 0 Å². The first-order valence-corrected chi connectivity index (χ1v) is 10.4. The van der Waals surface area contributed by atoms with Crippen molar-refractivity contribution in [2.45, 2.75) is 31.3 Å². The number of fused-ring (bicyclic) bond motifs is 4. The molecule has 0 saturated carbocycles. The van der Waals surface area contributed by atoms with Crippen molar-refractivity contribution in [3.8, 4) is 11.6 Å². The van der Waals surface area contributed by atoms with Gasteiger partial charge in [0.15, 0.2) is 11.6 Å². The Balaban J connectivity index is 1.47. The molecule has 0 unspecified atom stereocenters. The first-order valence-electron chi connectivity index (χ1n) is 10.4. The van der Waals surface area contributed by atoms with Crippen LogP contribution in [0.3, 0.4) is 0 Å². The fourth-order valence-corrected chi connectivity index (χ4v) is 4.53. The van der Waals surface area contributed by atoms with Crippen molar-refractivity contribution in [3.05, 3.63) is 54.0 Å². The number of methoxy groups -OCH3 is 1. The second-order valence-electron chi connectivity index (χ2n) is 7.95. The molecule has 3 aromatic rings. The van der Waals surface area contributed by atoms with Gasteiger partial charge in [0.25, 0.3) is 0 Å². The Morgan fingerprint density at radius 1 is 1.13 bits per heavy atom. The lowest BCUT2D eigenvalue weighted by molar-refractivity contribution is 0.206. The minimum absolute atomic E-state index is 0.0888. The van der Waals surface area contributed by atoms with Crippen molar-refractivity contribution in [1.82, 2.24) is 24.9 Å². The molecule has 0 radical (unpaired) electrons. The van der Waals surface area contributed by atoms with Gasteiger partial charge in [0.1, 0.15) is 5.82 Å². The predicted molar refractivity (Wildman–Crippen MR) is 114 cm³/mol. The average molecular weight is 421 g/mol. The van der Waals surface area contributed by atoms with Gasteiger partial charge >= 0.3 is 0 Å². The molecule has 1 saturated heterocycles. The van der Waals surface area contributed by atoms with E-state index in [9.17, 15) is 4.39 Å². The molecule has 1 fully saturated rings. The molecule has 0 N–H and O–H groups in total. The Kier molecular flexibility index (Phi) is 5.19. The number of anilines is 2. The number of hydrogen-bond donors (Lipinski definition) is 0. The summed E-state index contributed by atoms with van der Waals surface area (Å²) in [5.41, 5.74) is 2.89. The van der Waals surface area contributed by atoms with E-state index >= 15 is 0 Å². The topological polar surface area (TPSA) is 80.2 Å². The molecule has 8 nitrogen and oxygen atoms in total. The maximum Gasteiger partial charge on any atom is 0.216 e. The van der Waals surface area contributed by atoms with Gasteiger partial charge in [0.05, 0.1) is 18.3 Å². The minimum Gasteiger partial charge on any atom is -0.383 e. The third-order valence-corrected chi connectivity index (χ3v) is 6.06. The number of nitrogens with zero attached hydrogens (tertiary/aromatic N) is 7. The SMILES string of the molecule is COCCN(C)c1cc(F)nc(N2[C@H]3CC[C@@H]2c2cnc(-c4ncccn4)nc2C3)c1. The van der Waals surface area contributed by atoms with Crippen molar-refractivity contribution in [2.75, 3.05) is 37.1 Å². The Morgan fingerprint density at radius 2 is 1.97 bits per heavy atom. The molecule has 0 aliphatic carbocycles. The maximum atomic E-state index is 14.4. The Hall–Kier alpha value is -3.20. The van der Waals surface area contributed by atoms with Gasteiger partial charge in [0, 0.05) is 75.1 Å². The molecule has 160 valence electrons. The van der Waals surface area contributed by atoms with Gasteiger partial charge in [-0.15, -0.1) is 0 Å². The summed E-state index contributed by atoms with van der Waals surface area (Å²) in [5.74, 6) is 1.25. The van der Waals surface area contributed by atoms with Gasteiger partial charge in [-0.2, -0.15) is 4.39 Å². The summed E-state index contributed by atoms with van der Waals surface area (Å²) >= 11 is 0. The first-order chi connectivity index (χ1) is 15.1. The first kappa shape index (κ1) is 19.7. The van der Waals surface area contributed by atoms with E-state index in [4.69, 9.17) is 9.72 Å². The van der Waals surface area contributed by atoms with Crippen LogP contribution in [0.4, 0.5) is 15.9 Å². The number of likely N-dealkylation sites (N-methyl/N-ethyl adjacent to an activating group) is 1. The van der Waals surface area contributed by atoms with E-state index in [1.165, 1.54) is 6.07 Å². The summed E-state index contributed by atoms with van der Waals surface area (Å²) in [6, 6.07) is 5.51. The number of pyridine rings is 1. The molecule has 0 spiro atoms. The summed E-state index contributed by atoms with van der Waals surface area (Å²) in [5, 5.41) is 0. The molecule has 2 aliphatic heterocycles. The summed E-state index contributed by atoms with van der Waals surface area (Å²) in [7, 11) is 3.59. The normalized spacial score (nSPS) is 19.4. The monoisotopic (exact) mass is 421 g/mol. The molecule has 5 heterocycles. The number of halogens is 1. The highest BCUT2D eigenvalue weighted by molar-refractivity contribution is 5.59. The molecule has 9 heteroatoms. The van der Waals surface area contributed by atoms with E-state index in [1.807, 2.05) is 24.2 Å². The third-order valence-electron chi connectivity index (χ3n) is 6.06. The molecule has 0 aromatic carbocycles.